The van der Waals surface area contributed by atoms with Gasteiger partial charge in [-0.25, -0.2) is 0 Å². The third-order valence-corrected chi connectivity index (χ3v) is 4.15. The van der Waals surface area contributed by atoms with Gasteiger partial charge in [0, 0.05) is 19.5 Å². The van der Waals surface area contributed by atoms with Crippen molar-refractivity contribution in [2.24, 2.45) is 11.8 Å². The van der Waals surface area contributed by atoms with Crippen LogP contribution in [-0.4, -0.2) is 48.2 Å². The molecule has 1 rings (SSSR count). The van der Waals surface area contributed by atoms with E-state index in [1.165, 1.54) is 0 Å². The van der Waals surface area contributed by atoms with Crippen molar-refractivity contribution < 1.29 is 19.4 Å². The molecule has 0 aromatic carbocycles. The lowest BCUT2D eigenvalue weighted by molar-refractivity contribution is -0.147. The van der Waals surface area contributed by atoms with Crippen molar-refractivity contribution in [3.63, 3.8) is 0 Å². The lowest BCUT2D eigenvalue weighted by atomic mass is 9.86. The van der Waals surface area contributed by atoms with Crippen molar-refractivity contribution in [1.82, 2.24) is 4.90 Å². The van der Waals surface area contributed by atoms with Gasteiger partial charge >= 0.3 is 5.97 Å². The molecule has 1 amide bonds. The summed E-state index contributed by atoms with van der Waals surface area (Å²) in [4.78, 5) is 25.4. The Balaban J connectivity index is 2.54. The number of hydrogen-bond donors (Lipinski definition) is 1. The number of nitrogens with zero attached hydrogens (tertiary/aromatic N) is 1. The van der Waals surface area contributed by atoms with Crippen molar-refractivity contribution in [2.45, 2.75) is 52.4 Å². The lowest BCUT2D eigenvalue weighted by Gasteiger charge is -2.28. The zero-order chi connectivity index (χ0) is 15.7. The van der Waals surface area contributed by atoms with Crippen molar-refractivity contribution >= 4 is 11.9 Å². The highest BCUT2D eigenvalue weighted by molar-refractivity contribution is 5.82. The smallest absolute Gasteiger partial charge is 0.307 e. The zero-order valence-corrected chi connectivity index (χ0v) is 13.3. The normalized spacial score (nSPS) is 17.0. The maximum atomic E-state index is 12.2. The van der Waals surface area contributed by atoms with Gasteiger partial charge in [0.15, 0.2) is 0 Å². The number of carboxylic acid groups (broad SMARTS) is 1. The minimum Gasteiger partial charge on any atom is -0.481 e. The van der Waals surface area contributed by atoms with Crippen LogP contribution in [0.4, 0.5) is 0 Å². The summed E-state index contributed by atoms with van der Waals surface area (Å²) in [5.74, 6) is -1.02. The van der Waals surface area contributed by atoms with Gasteiger partial charge in [-0.2, -0.15) is 0 Å². The third kappa shape index (κ3) is 6.46. The number of carbonyl (C=O) groups is 2. The molecule has 122 valence electrons. The van der Waals surface area contributed by atoms with Gasteiger partial charge in [0.05, 0.1) is 19.1 Å². The van der Waals surface area contributed by atoms with E-state index in [0.717, 1.165) is 25.7 Å². The summed E-state index contributed by atoms with van der Waals surface area (Å²) in [7, 11) is 0. The van der Waals surface area contributed by atoms with E-state index >= 15 is 0 Å². The van der Waals surface area contributed by atoms with Crippen molar-refractivity contribution in [3.05, 3.63) is 0 Å². The Labute approximate surface area is 127 Å². The maximum absolute atomic E-state index is 12.2. The van der Waals surface area contributed by atoms with Crippen LogP contribution in [0.3, 0.4) is 0 Å². The van der Waals surface area contributed by atoms with Crippen LogP contribution in [0, 0.1) is 11.8 Å². The molecule has 0 aliphatic carbocycles. The Kier molecular flexibility index (Phi) is 8.35. The average molecular weight is 299 g/mol. The number of carbonyl (C=O) groups excluding carboxylic acids is 1. The molecular formula is C16H29NO4. The molecule has 0 unspecified atom stereocenters. The second-order valence-corrected chi connectivity index (χ2v) is 5.91. The summed E-state index contributed by atoms with van der Waals surface area (Å²) >= 11 is 0. The standard InChI is InChI=1S/C16H29NO4/c1-3-5-13(6-4-2)11-14(16(19)20)12-15(18)17-7-9-21-10-8-17/h13-14H,3-12H2,1-2H3,(H,19,20)/t14-/m1/s1. The summed E-state index contributed by atoms with van der Waals surface area (Å²) in [6, 6.07) is 0. The maximum Gasteiger partial charge on any atom is 0.307 e. The van der Waals surface area contributed by atoms with Crippen LogP contribution in [0.15, 0.2) is 0 Å². The van der Waals surface area contributed by atoms with Gasteiger partial charge < -0.3 is 14.7 Å². The average Bonchev–Trinajstić information content (AvgIpc) is 2.47. The Morgan fingerprint density at radius 2 is 1.71 bits per heavy atom. The van der Waals surface area contributed by atoms with E-state index < -0.39 is 11.9 Å². The number of aliphatic carboxylic acids is 1. The van der Waals surface area contributed by atoms with Crippen LogP contribution >= 0.6 is 0 Å². The Morgan fingerprint density at radius 1 is 1.14 bits per heavy atom. The highest BCUT2D eigenvalue weighted by Gasteiger charge is 2.27. The third-order valence-electron chi connectivity index (χ3n) is 4.15. The molecule has 1 aliphatic heterocycles. The van der Waals surface area contributed by atoms with Gasteiger partial charge in [-0.1, -0.05) is 39.5 Å². The lowest BCUT2D eigenvalue weighted by Crippen LogP contribution is -2.42. The Morgan fingerprint density at radius 3 is 2.19 bits per heavy atom. The molecule has 21 heavy (non-hydrogen) atoms. The zero-order valence-electron chi connectivity index (χ0n) is 13.3. The first-order valence-corrected chi connectivity index (χ1v) is 8.16. The van der Waals surface area contributed by atoms with Crippen LogP contribution in [0.5, 0.6) is 0 Å². The highest BCUT2D eigenvalue weighted by atomic mass is 16.5. The fourth-order valence-electron chi connectivity index (χ4n) is 3.02. The number of hydrogen-bond acceptors (Lipinski definition) is 3. The van der Waals surface area contributed by atoms with E-state index in [9.17, 15) is 14.7 Å². The molecule has 1 fully saturated rings. The second-order valence-electron chi connectivity index (χ2n) is 5.91. The first kappa shape index (κ1) is 18.0. The minimum absolute atomic E-state index is 0.0440. The number of amides is 1. The summed E-state index contributed by atoms with van der Waals surface area (Å²) in [5.41, 5.74) is 0. The summed E-state index contributed by atoms with van der Waals surface area (Å²) < 4.78 is 5.22. The van der Waals surface area contributed by atoms with Crippen LogP contribution in [0.25, 0.3) is 0 Å². The molecule has 1 atom stereocenters. The first-order chi connectivity index (χ1) is 10.1. The number of rotatable bonds is 9. The van der Waals surface area contributed by atoms with Gasteiger partial charge in [-0.3, -0.25) is 9.59 Å². The number of morpholine rings is 1. The SMILES string of the molecule is CCCC(CCC)C[C@H](CC(=O)N1CCOCC1)C(=O)O. The molecule has 0 spiro atoms. The van der Waals surface area contributed by atoms with E-state index in [1.807, 2.05) is 0 Å². The quantitative estimate of drug-likeness (QED) is 0.710. The molecule has 0 aromatic rings. The van der Waals surface area contributed by atoms with Gasteiger partial charge in [-0.15, -0.1) is 0 Å². The molecule has 5 heteroatoms. The van der Waals surface area contributed by atoms with Gasteiger partial charge in [0.25, 0.3) is 0 Å². The van der Waals surface area contributed by atoms with Crippen LogP contribution < -0.4 is 0 Å². The summed E-state index contributed by atoms with van der Waals surface area (Å²) in [6.45, 7) is 6.52. The van der Waals surface area contributed by atoms with Crippen molar-refractivity contribution in [2.75, 3.05) is 26.3 Å². The largest absolute Gasteiger partial charge is 0.481 e. The molecule has 0 radical (unpaired) electrons. The molecule has 1 heterocycles. The van der Waals surface area contributed by atoms with Gasteiger partial charge in [-0.05, 0) is 12.3 Å². The van der Waals surface area contributed by atoms with E-state index in [1.54, 1.807) is 4.90 Å². The van der Waals surface area contributed by atoms with Crippen LogP contribution in [-0.2, 0) is 14.3 Å². The molecule has 0 bridgehead atoms. The van der Waals surface area contributed by atoms with E-state index in [0.29, 0.717) is 38.6 Å². The van der Waals surface area contributed by atoms with Crippen LogP contribution in [0.1, 0.15) is 52.4 Å². The summed E-state index contributed by atoms with van der Waals surface area (Å²) in [5, 5.41) is 9.41. The van der Waals surface area contributed by atoms with Crippen molar-refractivity contribution in [3.8, 4) is 0 Å². The number of ether oxygens (including phenoxy) is 1. The molecule has 0 saturated carbocycles. The molecular weight excluding hydrogens is 270 g/mol. The molecule has 1 saturated heterocycles. The van der Waals surface area contributed by atoms with E-state index in [4.69, 9.17) is 4.74 Å². The Hall–Kier alpha value is -1.10. The fourth-order valence-corrected chi connectivity index (χ4v) is 3.02. The highest BCUT2D eigenvalue weighted by Crippen LogP contribution is 2.25. The predicted molar refractivity (Wildman–Crippen MR) is 81.1 cm³/mol. The van der Waals surface area contributed by atoms with Gasteiger partial charge in [0.2, 0.25) is 5.91 Å². The molecule has 5 nitrogen and oxygen atoms in total. The second kappa shape index (κ2) is 9.77. The topological polar surface area (TPSA) is 66.8 Å². The van der Waals surface area contributed by atoms with Crippen LogP contribution in [0.2, 0.25) is 0 Å². The fraction of sp³-hybridized carbons (Fsp3) is 0.875. The predicted octanol–water partition coefficient (Wildman–Crippen LogP) is 2.54. The molecule has 0 aromatic heterocycles. The van der Waals surface area contributed by atoms with E-state index in [2.05, 4.69) is 13.8 Å². The first-order valence-electron chi connectivity index (χ1n) is 8.16. The van der Waals surface area contributed by atoms with E-state index in [-0.39, 0.29) is 12.3 Å². The monoisotopic (exact) mass is 299 g/mol. The number of carboxylic acids is 1. The summed E-state index contributed by atoms with van der Waals surface area (Å²) in [6.07, 6.45) is 4.96. The van der Waals surface area contributed by atoms with Crippen molar-refractivity contribution in [1.29, 1.82) is 0 Å². The molecule has 1 N–H and O–H groups in total. The van der Waals surface area contributed by atoms with Gasteiger partial charge in [0.1, 0.15) is 0 Å². The Bertz CT molecular complexity index is 320. The molecule has 1 aliphatic rings. The minimum atomic E-state index is -0.839.